The number of aliphatic carboxylic acids is 3. The molecule has 3 aromatic heterocycles. The molecule has 6 aliphatic rings. The lowest BCUT2D eigenvalue weighted by atomic mass is 9.95. The number of hydrogen-bond acceptors (Lipinski definition) is 27. The number of carbonyl (C=O) groups excluding carboxylic acids is 3. The van der Waals surface area contributed by atoms with Crippen LogP contribution < -0.4 is 16.0 Å². The molecular formula is C75H82BrCl2F8N15O12S3. The number of benzene rings is 3. The summed E-state index contributed by atoms with van der Waals surface area (Å²) in [7, 11) is 4.60. The summed E-state index contributed by atoms with van der Waals surface area (Å²) in [5.74, 6) is -14.5. The molecule has 41 heteroatoms. The van der Waals surface area contributed by atoms with Crippen molar-refractivity contribution in [3.63, 3.8) is 0 Å². The Hall–Kier alpha value is -8.74. The zero-order valence-corrected chi connectivity index (χ0v) is 68.7. The van der Waals surface area contributed by atoms with Crippen LogP contribution in [0.5, 0.6) is 0 Å². The number of alkyl halides is 5. The number of esters is 3. The van der Waals surface area contributed by atoms with Gasteiger partial charge in [0.2, 0.25) is 0 Å². The van der Waals surface area contributed by atoms with Gasteiger partial charge >= 0.3 is 35.8 Å². The van der Waals surface area contributed by atoms with Gasteiger partial charge in [0.15, 0.2) is 32.5 Å². The van der Waals surface area contributed by atoms with Crippen LogP contribution in [0.3, 0.4) is 0 Å². The minimum absolute atomic E-state index is 0.0210. The van der Waals surface area contributed by atoms with Crippen LogP contribution in [0, 0.1) is 35.2 Å². The molecule has 6 aliphatic heterocycles. The smallest absolute Gasteiger partial charge is 0.338 e. The lowest BCUT2D eigenvalue weighted by molar-refractivity contribution is -0.139. The molecule has 6 N–H and O–H groups in total. The topological polar surface area (TPSA) is 322 Å². The van der Waals surface area contributed by atoms with Gasteiger partial charge in [-0.15, -0.1) is 34.0 Å². The Balaban J connectivity index is 0.000000184. The number of halogens is 11. The second kappa shape index (κ2) is 40.1. The molecule has 9 heterocycles. The minimum Gasteiger partial charge on any atom is -0.480 e. The number of hydrogen-bond donors (Lipinski definition) is 6. The summed E-state index contributed by atoms with van der Waals surface area (Å²) >= 11 is 20.1. The van der Waals surface area contributed by atoms with Crippen LogP contribution in [0.4, 0.5) is 35.1 Å². The first-order valence-electron chi connectivity index (χ1n) is 36.2. The van der Waals surface area contributed by atoms with Gasteiger partial charge in [-0.05, 0) is 83.9 Å². The highest BCUT2D eigenvalue weighted by Gasteiger charge is 2.51. The zero-order valence-electron chi connectivity index (χ0n) is 63.2. The first kappa shape index (κ1) is 89.6. The normalized spacial score (nSPS) is 21.4. The highest BCUT2D eigenvalue weighted by Crippen LogP contribution is 2.43. The van der Waals surface area contributed by atoms with Crippen LogP contribution in [0.15, 0.2) is 143 Å². The first-order valence-corrected chi connectivity index (χ1v) is 40.4. The summed E-state index contributed by atoms with van der Waals surface area (Å²) in [6.45, 7) is 3.67. The number of carboxylic acids is 3. The number of aromatic nitrogens is 3. The molecule has 0 aliphatic carbocycles. The van der Waals surface area contributed by atoms with E-state index < -0.39 is 120 Å². The van der Waals surface area contributed by atoms with Crippen molar-refractivity contribution in [1.82, 2.24) is 60.3 Å². The average Bonchev–Trinajstić information content (AvgIpc) is 1.14. The molecule has 624 valence electrons. The van der Waals surface area contributed by atoms with Gasteiger partial charge < -0.3 is 45.5 Å². The van der Waals surface area contributed by atoms with Crippen molar-refractivity contribution in [2.45, 2.75) is 56.9 Å². The Morgan fingerprint density at radius 2 is 0.853 bits per heavy atom. The van der Waals surface area contributed by atoms with Crippen LogP contribution in [-0.4, -0.2) is 270 Å². The molecule has 7 atom stereocenters. The Labute approximate surface area is 691 Å². The van der Waals surface area contributed by atoms with Gasteiger partial charge in [0, 0.05) is 161 Å². The SMILES string of the molecule is CCOC(=O)C1=C(CN2CC(CN(C)CC(=O)O)C(F)(F)C2)NC(c2nccs2)=N[C@H]1c1ccc(F)cc1Br.CCOC(=O)C1=C(CN2CC(CN(C)CC(=O)O)C(F)(F)C2)NC(c2nccs2)=N[C@H]1c1ccc(F)cc1Cl.CCOC(=O)C1=C(CN2CC(F)C(CN(C)CC(=O)O)C2)NC(c2nccs2)=N[C@H]1c1ccc(F)cc1Cl. The molecule has 0 radical (unpaired) electrons. The second-order valence-corrected chi connectivity index (χ2v) is 32.2. The van der Waals surface area contributed by atoms with Crippen LogP contribution in [-0.2, 0) is 43.0 Å². The van der Waals surface area contributed by atoms with Crippen molar-refractivity contribution in [3.05, 3.63) is 187 Å². The highest BCUT2D eigenvalue weighted by molar-refractivity contribution is 9.10. The number of rotatable bonds is 30. The predicted molar refractivity (Wildman–Crippen MR) is 421 cm³/mol. The van der Waals surface area contributed by atoms with Crippen molar-refractivity contribution in [2.24, 2.45) is 32.7 Å². The maximum atomic E-state index is 15.0. The van der Waals surface area contributed by atoms with Crippen molar-refractivity contribution < 1.29 is 93.4 Å². The fourth-order valence-corrected chi connectivity index (χ4v) is 17.0. The third kappa shape index (κ3) is 23.2. The predicted octanol–water partition coefficient (Wildman–Crippen LogP) is 10.1. The molecule has 0 spiro atoms. The minimum atomic E-state index is -3.09. The molecule has 27 nitrogen and oxygen atoms in total. The Bertz CT molecular complexity index is 4550. The highest BCUT2D eigenvalue weighted by atomic mass is 79.9. The maximum absolute atomic E-state index is 15.0. The van der Waals surface area contributed by atoms with Gasteiger partial charge in [-0.3, -0.25) is 58.8 Å². The van der Waals surface area contributed by atoms with E-state index in [1.54, 1.807) is 67.4 Å². The monoisotopic (exact) mass is 1780 g/mol. The average molecular weight is 1780 g/mol. The van der Waals surface area contributed by atoms with Crippen molar-refractivity contribution >= 4 is 126 Å². The number of ether oxygens (including phenoxy) is 3. The van der Waals surface area contributed by atoms with Gasteiger partial charge in [-0.1, -0.05) is 57.3 Å². The molecule has 6 aromatic rings. The summed E-state index contributed by atoms with van der Waals surface area (Å²) in [6, 6.07) is 8.81. The Morgan fingerprint density at radius 3 is 1.18 bits per heavy atom. The van der Waals surface area contributed by atoms with Gasteiger partial charge in [-0.25, -0.2) is 64.5 Å². The lowest BCUT2D eigenvalue weighted by Crippen LogP contribution is -2.39. The second-order valence-electron chi connectivity index (χ2n) is 27.9. The largest absolute Gasteiger partial charge is 0.480 e. The van der Waals surface area contributed by atoms with Gasteiger partial charge in [0.1, 0.15) is 41.7 Å². The number of carbonyl (C=O) groups is 6. The van der Waals surface area contributed by atoms with Crippen LogP contribution >= 0.6 is 73.1 Å². The van der Waals surface area contributed by atoms with E-state index in [2.05, 4.69) is 51.8 Å². The number of nitrogens with zero attached hydrogens (tertiary/aromatic N) is 12. The number of likely N-dealkylation sites (N-methyl/N-ethyl adjacent to an activating group) is 3. The summed E-state index contributed by atoms with van der Waals surface area (Å²) in [6.07, 6.45) is 3.63. The van der Waals surface area contributed by atoms with E-state index in [1.165, 1.54) is 110 Å². The molecule has 116 heavy (non-hydrogen) atoms. The summed E-state index contributed by atoms with van der Waals surface area (Å²) in [5, 5.41) is 43.5. The van der Waals surface area contributed by atoms with Crippen LogP contribution in [0.25, 0.3) is 0 Å². The molecule has 0 saturated carbocycles. The van der Waals surface area contributed by atoms with E-state index >= 15 is 8.78 Å². The molecule has 3 saturated heterocycles. The fourth-order valence-electron chi connectivity index (χ4n) is 14.1. The number of likely N-dealkylation sites (tertiary alicyclic amines) is 3. The summed E-state index contributed by atoms with van der Waals surface area (Å²) in [4.78, 5) is 109. The van der Waals surface area contributed by atoms with E-state index in [-0.39, 0.29) is 131 Å². The number of amidine groups is 3. The number of aliphatic imine (C=N–C) groups is 3. The van der Waals surface area contributed by atoms with Crippen LogP contribution in [0.1, 0.15) is 70.6 Å². The summed E-state index contributed by atoms with van der Waals surface area (Å²) in [5.41, 5.74) is 2.71. The number of nitrogens with one attached hydrogen (secondary N) is 3. The first-order chi connectivity index (χ1) is 55.1. The van der Waals surface area contributed by atoms with Gasteiger partial charge in [0.25, 0.3) is 11.8 Å². The molecule has 3 aromatic carbocycles. The standard InChI is InChI=1S/C25H27BrF3N5O4S.C25H27ClF3N5O4S.C25H28ClF2N5O4S/c2*1-3-38-24(37)20-18(11-34-10-14(25(28,29)13-34)9-33(2)12-19(35)36)31-22(23-30-6-7-39-23)32-21(20)16-5-4-15(27)8-17(16)26;1-3-37-25(36)21-19(12-33-10-14(18(28)11-33)9-32(2)13-20(34)35)30-23(24-29-6-7-38-24)31-22(21)16-5-4-15(27)8-17(16)26/h2*4-8,14,21H,3,9-13H2,1-2H3,(H,31,32)(H,35,36);4-8,14,18,22H,3,9-13H2,1-2H3,(H,30,31)(H,34,35)/t2*14?,21-;14?,18?,22-/m000/s1. The van der Waals surface area contributed by atoms with E-state index in [0.717, 1.165) is 12.1 Å². The fraction of sp³-hybridized carbons (Fsp3) is 0.440. The molecule has 12 rings (SSSR count). The third-order valence-corrected chi connectivity index (χ3v) is 22.6. The van der Waals surface area contributed by atoms with Gasteiger partial charge in [0.05, 0.1) is 69.3 Å². The summed E-state index contributed by atoms with van der Waals surface area (Å²) < 4.78 is 133. The maximum Gasteiger partial charge on any atom is 0.338 e. The molecular weight excluding hydrogens is 1700 g/mol. The molecule has 0 bridgehead atoms. The van der Waals surface area contributed by atoms with E-state index in [0.29, 0.717) is 71.6 Å². The Morgan fingerprint density at radius 1 is 0.517 bits per heavy atom. The van der Waals surface area contributed by atoms with E-state index in [9.17, 15) is 55.1 Å². The molecule has 4 unspecified atom stereocenters. The molecule has 3 fully saturated rings. The van der Waals surface area contributed by atoms with E-state index in [1.807, 2.05) is 4.90 Å². The van der Waals surface area contributed by atoms with Crippen molar-refractivity contribution in [1.29, 1.82) is 0 Å². The number of thiazole rings is 3. The van der Waals surface area contributed by atoms with Crippen LogP contribution in [0.2, 0.25) is 10.0 Å². The number of carboxylic acid groups (broad SMARTS) is 3. The third-order valence-electron chi connectivity index (χ3n) is 19.0. The van der Waals surface area contributed by atoms with Crippen molar-refractivity contribution in [2.75, 3.05) is 139 Å². The zero-order chi connectivity index (χ0) is 84.0. The van der Waals surface area contributed by atoms with Gasteiger partial charge in [-0.2, -0.15) is 0 Å². The quantitative estimate of drug-likeness (QED) is 0.0139. The van der Waals surface area contributed by atoms with E-state index in [4.69, 9.17) is 62.7 Å². The van der Waals surface area contributed by atoms with Crippen molar-refractivity contribution in [3.8, 4) is 0 Å². The Kier molecular flexibility index (Phi) is 31.0. The lowest BCUT2D eigenvalue weighted by Gasteiger charge is -2.29. The molecule has 0 amide bonds.